The van der Waals surface area contributed by atoms with Gasteiger partial charge in [0.25, 0.3) is 0 Å². The fraction of sp³-hybridized carbons (Fsp3) is 0.300. The lowest BCUT2D eigenvalue weighted by atomic mass is 9.90. The van der Waals surface area contributed by atoms with Crippen molar-refractivity contribution in [1.29, 1.82) is 0 Å². The van der Waals surface area contributed by atoms with Gasteiger partial charge in [0.15, 0.2) is 0 Å². The van der Waals surface area contributed by atoms with Crippen molar-refractivity contribution >= 4 is 22.0 Å². The third-order valence-electron chi connectivity index (χ3n) is 4.31. The molecule has 1 aliphatic rings. The van der Waals surface area contributed by atoms with Gasteiger partial charge in [0, 0.05) is 4.47 Å². The highest BCUT2D eigenvalue weighted by atomic mass is 79.9. The van der Waals surface area contributed by atoms with Crippen molar-refractivity contribution in [3.63, 3.8) is 0 Å². The number of aryl methyl sites for hydroxylation is 2. The first-order valence-electron chi connectivity index (χ1n) is 7.79. The van der Waals surface area contributed by atoms with Crippen LogP contribution in [0, 0.1) is 6.92 Å². The molecule has 0 radical (unpaired) electrons. The Kier molecular flexibility index (Phi) is 4.30. The number of rotatable bonds is 4. The zero-order valence-corrected chi connectivity index (χ0v) is 14.3. The summed E-state index contributed by atoms with van der Waals surface area (Å²) in [6, 6.07) is 11.2. The van der Waals surface area contributed by atoms with Crippen LogP contribution in [0.1, 0.15) is 42.0 Å². The van der Waals surface area contributed by atoms with Crippen LogP contribution in [-0.2, 0) is 12.8 Å². The third-order valence-corrected chi connectivity index (χ3v) is 5.36. The summed E-state index contributed by atoms with van der Waals surface area (Å²) in [6.07, 6.45) is 9.24. The van der Waals surface area contributed by atoms with Crippen molar-refractivity contribution in [1.82, 2.24) is 0 Å². The Hall–Kier alpha value is -1.34. The van der Waals surface area contributed by atoms with E-state index in [-0.39, 0.29) is 0 Å². The van der Waals surface area contributed by atoms with Gasteiger partial charge in [0.2, 0.25) is 0 Å². The summed E-state index contributed by atoms with van der Waals surface area (Å²) in [6.45, 7) is 4.45. The number of hydrogen-bond acceptors (Lipinski definition) is 0. The molecular formula is C20H21Br. The minimum atomic E-state index is 1.05. The molecule has 0 saturated heterocycles. The number of hydrogen-bond donors (Lipinski definition) is 0. The van der Waals surface area contributed by atoms with Crippen LogP contribution in [0.4, 0.5) is 0 Å². The maximum absolute atomic E-state index is 3.75. The molecule has 0 unspecified atom stereocenters. The van der Waals surface area contributed by atoms with Crippen LogP contribution in [0.2, 0.25) is 0 Å². The number of fused-ring (bicyclic) bond motifs is 1. The lowest BCUT2D eigenvalue weighted by Gasteiger charge is -2.16. The van der Waals surface area contributed by atoms with E-state index in [1.807, 2.05) is 0 Å². The van der Waals surface area contributed by atoms with Gasteiger partial charge in [0.05, 0.1) is 0 Å². The lowest BCUT2D eigenvalue weighted by Crippen LogP contribution is -1.96. The predicted molar refractivity (Wildman–Crippen MR) is 95.7 cm³/mol. The molecule has 0 saturated carbocycles. The summed E-state index contributed by atoms with van der Waals surface area (Å²) in [7, 11) is 0. The Morgan fingerprint density at radius 3 is 2.76 bits per heavy atom. The molecule has 0 amide bonds. The van der Waals surface area contributed by atoms with Crippen molar-refractivity contribution in [2.75, 3.05) is 0 Å². The van der Waals surface area contributed by atoms with Gasteiger partial charge in [-0.15, -0.1) is 0 Å². The minimum Gasteiger partial charge on any atom is -0.0794 e. The van der Waals surface area contributed by atoms with E-state index >= 15 is 0 Å². The van der Waals surface area contributed by atoms with E-state index < -0.39 is 0 Å². The van der Waals surface area contributed by atoms with E-state index in [0.717, 1.165) is 6.42 Å². The highest BCUT2D eigenvalue weighted by Crippen LogP contribution is 2.39. The van der Waals surface area contributed by atoms with Gasteiger partial charge in [-0.1, -0.05) is 49.8 Å². The van der Waals surface area contributed by atoms with E-state index in [9.17, 15) is 0 Å². The van der Waals surface area contributed by atoms with Crippen molar-refractivity contribution in [3.8, 4) is 11.1 Å². The summed E-state index contributed by atoms with van der Waals surface area (Å²) < 4.78 is 1.25. The highest BCUT2D eigenvalue weighted by molar-refractivity contribution is 9.10. The van der Waals surface area contributed by atoms with Gasteiger partial charge in [-0.05, 0) is 81.6 Å². The van der Waals surface area contributed by atoms with Gasteiger partial charge in [0.1, 0.15) is 0 Å². The van der Waals surface area contributed by atoms with Crippen LogP contribution in [-0.4, -0.2) is 0 Å². The topological polar surface area (TPSA) is 0 Å². The summed E-state index contributed by atoms with van der Waals surface area (Å²) >= 11 is 3.75. The average molecular weight is 341 g/mol. The normalized spacial score (nSPS) is 12.7. The molecule has 2 aromatic rings. The maximum Gasteiger partial charge on any atom is 0.0280 e. The monoisotopic (exact) mass is 340 g/mol. The number of allylic oxidation sites excluding steroid dienone is 1. The fourth-order valence-electron chi connectivity index (χ4n) is 3.15. The Morgan fingerprint density at radius 1 is 1.14 bits per heavy atom. The molecule has 0 aromatic heterocycles. The van der Waals surface area contributed by atoms with Crippen LogP contribution in [0.5, 0.6) is 0 Å². The minimum absolute atomic E-state index is 1.05. The standard InChI is InChI=1S/C20H21Br/c1-3-4-8-15-9-5-6-10-16(15)19-13-14(2)20(21)18-12-7-11-17(18)19/h5-7,9-10,12-13H,3-4,8,11H2,1-2H3. The van der Waals surface area contributed by atoms with E-state index in [1.165, 1.54) is 57.1 Å². The fourth-order valence-corrected chi connectivity index (χ4v) is 3.64. The highest BCUT2D eigenvalue weighted by Gasteiger charge is 2.18. The van der Waals surface area contributed by atoms with Crippen molar-refractivity contribution in [3.05, 3.63) is 63.1 Å². The van der Waals surface area contributed by atoms with Crippen LogP contribution in [0.25, 0.3) is 17.2 Å². The Labute approximate surface area is 136 Å². The molecule has 108 valence electrons. The number of unbranched alkanes of at least 4 members (excludes halogenated alkanes) is 1. The van der Waals surface area contributed by atoms with E-state index in [4.69, 9.17) is 0 Å². The zero-order chi connectivity index (χ0) is 14.8. The van der Waals surface area contributed by atoms with Crippen molar-refractivity contribution in [2.45, 2.75) is 39.5 Å². The van der Waals surface area contributed by atoms with Gasteiger partial charge >= 0.3 is 0 Å². The summed E-state index contributed by atoms with van der Waals surface area (Å²) in [4.78, 5) is 0. The lowest BCUT2D eigenvalue weighted by molar-refractivity contribution is 0.796. The number of benzene rings is 2. The molecule has 0 bridgehead atoms. The second-order valence-electron chi connectivity index (χ2n) is 5.81. The van der Waals surface area contributed by atoms with Crippen molar-refractivity contribution < 1.29 is 0 Å². The molecule has 0 atom stereocenters. The second-order valence-corrected chi connectivity index (χ2v) is 6.61. The largest absolute Gasteiger partial charge is 0.0794 e. The zero-order valence-electron chi connectivity index (χ0n) is 12.7. The van der Waals surface area contributed by atoms with Crippen LogP contribution in [0.3, 0.4) is 0 Å². The molecule has 0 N–H and O–H groups in total. The SMILES string of the molecule is CCCCc1ccccc1-c1cc(C)c(Br)c2c1CC=C2. The molecule has 0 heterocycles. The van der Waals surface area contributed by atoms with Crippen molar-refractivity contribution in [2.24, 2.45) is 0 Å². The first kappa shape index (κ1) is 14.6. The smallest absolute Gasteiger partial charge is 0.0280 e. The molecule has 1 aliphatic carbocycles. The summed E-state index contributed by atoms with van der Waals surface area (Å²) in [5, 5.41) is 0. The van der Waals surface area contributed by atoms with E-state index in [0.29, 0.717) is 0 Å². The molecule has 3 rings (SSSR count). The Bertz CT molecular complexity index is 695. The van der Waals surface area contributed by atoms with Crippen LogP contribution >= 0.6 is 15.9 Å². The van der Waals surface area contributed by atoms with Gasteiger partial charge in [-0.2, -0.15) is 0 Å². The molecule has 0 fully saturated rings. The first-order valence-corrected chi connectivity index (χ1v) is 8.58. The molecule has 0 nitrogen and oxygen atoms in total. The van der Waals surface area contributed by atoms with E-state index in [2.05, 4.69) is 72.3 Å². The van der Waals surface area contributed by atoms with Crippen LogP contribution in [0.15, 0.2) is 40.9 Å². The predicted octanol–water partition coefficient (Wildman–Crippen LogP) is 6.34. The third kappa shape index (κ3) is 2.72. The van der Waals surface area contributed by atoms with E-state index in [1.54, 1.807) is 0 Å². The molecule has 0 aliphatic heterocycles. The van der Waals surface area contributed by atoms with Crippen LogP contribution < -0.4 is 0 Å². The summed E-state index contributed by atoms with van der Waals surface area (Å²) in [5.74, 6) is 0. The number of halogens is 1. The molecular weight excluding hydrogens is 320 g/mol. The molecule has 1 heteroatoms. The first-order chi connectivity index (χ1) is 10.2. The van der Waals surface area contributed by atoms with Gasteiger partial charge in [-0.25, -0.2) is 0 Å². The second kappa shape index (κ2) is 6.19. The van der Waals surface area contributed by atoms with Gasteiger partial charge in [-0.3, -0.25) is 0 Å². The molecule has 2 aromatic carbocycles. The Balaban J connectivity index is 2.14. The average Bonchev–Trinajstić information content (AvgIpc) is 2.99. The molecule has 21 heavy (non-hydrogen) atoms. The summed E-state index contributed by atoms with van der Waals surface area (Å²) in [5.41, 5.74) is 8.48. The van der Waals surface area contributed by atoms with Gasteiger partial charge < -0.3 is 0 Å². The Morgan fingerprint density at radius 2 is 1.95 bits per heavy atom. The quantitative estimate of drug-likeness (QED) is 0.609. The molecule has 0 spiro atoms. The maximum atomic E-state index is 3.75.